The minimum atomic E-state index is 0. The van der Waals surface area contributed by atoms with Crippen LogP contribution < -0.4 is 9.80 Å². The Balaban J connectivity index is 0.000000160. The summed E-state index contributed by atoms with van der Waals surface area (Å²) in [6, 6.07) is 71.5. The summed E-state index contributed by atoms with van der Waals surface area (Å²) in [5.74, 6) is 4.87. The van der Waals surface area contributed by atoms with E-state index in [2.05, 4.69) is 216 Å². The standard InChI is InChI=1S/C26H24N2.2C15H9.2Au/c1-5-13-23(14-6-1)27(24-15-7-2-8-16-24)21-22-28(25-17-9-3-10-18-25)26-19-11-4-12-20-26;2*1-2-11-7-8-15-13(9-11)10-12-5-3-4-6-14(12)15;;/h1-20H,21-22H2;2*3-9H,10H2;;/q;2*-1;;. The molecule has 0 aliphatic heterocycles. The van der Waals surface area contributed by atoms with Crippen molar-refractivity contribution in [3.8, 4) is 34.1 Å². The van der Waals surface area contributed by atoms with E-state index in [0.29, 0.717) is 0 Å². The van der Waals surface area contributed by atoms with Crippen molar-refractivity contribution in [1.29, 1.82) is 0 Å². The predicted molar refractivity (Wildman–Crippen MR) is 242 cm³/mol. The first-order valence-corrected chi connectivity index (χ1v) is 19.7. The summed E-state index contributed by atoms with van der Waals surface area (Å²) in [7, 11) is 0. The van der Waals surface area contributed by atoms with Gasteiger partial charge in [0.1, 0.15) is 0 Å². The number of benzene rings is 8. The van der Waals surface area contributed by atoms with Crippen LogP contribution in [-0.2, 0) is 57.6 Å². The van der Waals surface area contributed by atoms with E-state index in [-0.39, 0.29) is 44.8 Å². The molecule has 0 amide bonds. The molecule has 10 rings (SSSR count). The second-order valence-electron chi connectivity index (χ2n) is 14.3. The molecule has 4 heteroatoms. The van der Waals surface area contributed by atoms with Crippen LogP contribution >= 0.6 is 0 Å². The smallest absolute Gasteiger partial charge is 0.0411 e. The van der Waals surface area contributed by atoms with Crippen molar-refractivity contribution in [1.82, 2.24) is 0 Å². The van der Waals surface area contributed by atoms with E-state index >= 15 is 0 Å². The number of hydrogen-bond donors (Lipinski definition) is 0. The molecule has 300 valence electrons. The average molecular weight is 1140 g/mol. The summed E-state index contributed by atoms with van der Waals surface area (Å²) in [5, 5.41) is 0. The summed E-state index contributed by atoms with van der Waals surface area (Å²) in [5.41, 5.74) is 17.2. The first-order valence-electron chi connectivity index (χ1n) is 19.7. The number of fused-ring (bicyclic) bond motifs is 6. The maximum atomic E-state index is 7.12. The molecule has 0 aromatic heterocycles. The third kappa shape index (κ3) is 10.2. The zero-order valence-electron chi connectivity index (χ0n) is 33.0. The van der Waals surface area contributed by atoms with Gasteiger partial charge in [-0.05, 0) is 94.8 Å². The Morgan fingerprint density at radius 3 is 0.933 bits per heavy atom. The van der Waals surface area contributed by atoms with Crippen molar-refractivity contribution < 1.29 is 44.8 Å². The molecular weight excluding hydrogens is 1090 g/mol. The maximum absolute atomic E-state index is 7.12. The van der Waals surface area contributed by atoms with Crippen molar-refractivity contribution in [3.05, 3.63) is 252 Å². The molecule has 0 spiro atoms. The van der Waals surface area contributed by atoms with Crippen molar-refractivity contribution in [3.63, 3.8) is 0 Å². The number of rotatable bonds is 7. The van der Waals surface area contributed by atoms with Crippen LogP contribution in [0.5, 0.6) is 0 Å². The topological polar surface area (TPSA) is 6.48 Å². The molecule has 2 radical (unpaired) electrons. The average Bonchev–Trinajstić information content (AvgIpc) is 3.87. The van der Waals surface area contributed by atoms with E-state index in [1.165, 1.54) is 67.3 Å². The summed E-state index contributed by atoms with van der Waals surface area (Å²) in [6.45, 7) is 1.75. The second-order valence-corrected chi connectivity index (χ2v) is 14.3. The molecule has 2 aliphatic rings. The van der Waals surface area contributed by atoms with Crippen molar-refractivity contribution in [2.24, 2.45) is 0 Å². The van der Waals surface area contributed by atoms with Crippen molar-refractivity contribution >= 4 is 22.7 Å². The normalized spacial score (nSPS) is 10.7. The zero-order chi connectivity index (χ0) is 39.5. The Hall–Kier alpha value is -6.04. The molecule has 0 fully saturated rings. The zero-order valence-corrected chi connectivity index (χ0v) is 37.3. The Bertz CT molecular complexity index is 2430. The Labute approximate surface area is 387 Å². The van der Waals surface area contributed by atoms with Gasteiger partial charge in [-0.25, -0.2) is 0 Å². The van der Waals surface area contributed by atoms with E-state index in [1.54, 1.807) is 0 Å². The second kappa shape index (κ2) is 21.3. The van der Waals surface area contributed by atoms with Gasteiger partial charge in [-0.15, -0.1) is 35.4 Å². The summed E-state index contributed by atoms with van der Waals surface area (Å²) >= 11 is 0. The molecule has 2 nitrogen and oxygen atoms in total. The third-order valence-corrected chi connectivity index (χ3v) is 10.7. The molecule has 0 bridgehead atoms. The van der Waals surface area contributed by atoms with Gasteiger partial charge >= 0.3 is 0 Å². The van der Waals surface area contributed by atoms with E-state index in [4.69, 9.17) is 12.8 Å². The molecular formula is C56H42Au2N2-2. The van der Waals surface area contributed by atoms with Gasteiger partial charge in [-0.1, -0.05) is 145 Å². The fraction of sp³-hybridized carbons (Fsp3) is 0.0714. The fourth-order valence-corrected chi connectivity index (χ4v) is 7.89. The van der Waals surface area contributed by atoms with Gasteiger partial charge in [0.15, 0.2) is 0 Å². The van der Waals surface area contributed by atoms with Gasteiger partial charge < -0.3 is 22.6 Å². The van der Waals surface area contributed by atoms with Crippen LogP contribution in [0.2, 0.25) is 0 Å². The first-order chi connectivity index (χ1) is 28.7. The molecule has 2 aliphatic carbocycles. The molecule has 8 aromatic carbocycles. The van der Waals surface area contributed by atoms with Crippen LogP contribution in [0.25, 0.3) is 22.3 Å². The molecule has 8 aromatic rings. The fourth-order valence-electron chi connectivity index (χ4n) is 7.89. The van der Waals surface area contributed by atoms with Gasteiger partial charge in [0.2, 0.25) is 0 Å². The summed E-state index contributed by atoms with van der Waals surface area (Å²) in [6.07, 6.45) is 16.2. The molecule has 0 saturated heterocycles. The largest absolute Gasteiger partial charge is 0.366 e. The van der Waals surface area contributed by atoms with Gasteiger partial charge in [-0.3, -0.25) is 11.8 Å². The van der Waals surface area contributed by atoms with Crippen LogP contribution in [-0.4, -0.2) is 13.1 Å². The van der Waals surface area contributed by atoms with Crippen molar-refractivity contribution in [2.45, 2.75) is 12.8 Å². The van der Waals surface area contributed by atoms with Crippen LogP contribution in [0, 0.1) is 24.7 Å². The minimum absolute atomic E-state index is 0. The van der Waals surface area contributed by atoms with Crippen molar-refractivity contribution in [2.75, 3.05) is 22.9 Å². The third-order valence-electron chi connectivity index (χ3n) is 10.7. The summed E-state index contributed by atoms with van der Waals surface area (Å²) < 4.78 is 0. The number of para-hydroxylation sites is 4. The first kappa shape index (κ1) is 43.5. The van der Waals surface area contributed by atoms with Crippen LogP contribution in [0.4, 0.5) is 22.7 Å². The molecule has 0 unspecified atom stereocenters. The van der Waals surface area contributed by atoms with Gasteiger partial charge in [0.25, 0.3) is 0 Å². The Kier molecular flexibility index (Phi) is 15.4. The van der Waals surface area contributed by atoms with E-state index in [1.807, 2.05) is 12.1 Å². The van der Waals surface area contributed by atoms with Gasteiger partial charge in [0.05, 0.1) is 0 Å². The number of nitrogens with zero attached hydrogens (tertiary/aromatic N) is 2. The molecule has 0 atom stereocenters. The number of hydrogen-bond acceptors (Lipinski definition) is 2. The molecule has 0 heterocycles. The molecule has 0 N–H and O–H groups in total. The number of anilines is 4. The molecule has 60 heavy (non-hydrogen) atoms. The maximum Gasteiger partial charge on any atom is 0.0411 e. The van der Waals surface area contributed by atoms with Gasteiger partial charge in [-0.2, -0.15) is 0 Å². The van der Waals surface area contributed by atoms with Crippen LogP contribution in [0.3, 0.4) is 0 Å². The summed E-state index contributed by atoms with van der Waals surface area (Å²) in [4.78, 5) is 4.75. The van der Waals surface area contributed by atoms with E-state index < -0.39 is 0 Å². The monoisotopic (exact) mass is 1140 g/mol. The van der Waals surface area contributed by atoms with Crippen LogP contribution in [0.1, 0.15) is 33.4 Å². The quantitative estimate of drug-likeness (QED) is 0.0891. The van der Waals surface area contributed by atoms with Gasteiger partial charge in [0, 0.05) is 80.6 Å². The Morgan fingerprint density at radius 1 is 0.333 bits per heavy atom. The minimum Gasteiger partial charge on any atom is -0.366 e. The van der Waals surface area contributed by atoms with Crippen LogP contribution in [0.15, 0.2) is 206 Å². The molecule has 0 saturated carbocycles. The van der Waals surface area contributed by atoms with E-state index in [0.717, 1.165) is 37.1 Å². The van der Waals surface area contributed by atoms with E-state index in [9.17, 15) is 0 Å². The Morgan fingerprint density at radius 2 is 0.617 bits per heavy atom. The SMILES string of the molecule is [Au].[Au].[C-]#Cc1ccc2c(c1)Cc1ccccc1-2.[C-]#Cc1ccc2c(c1)Cc1ccccc1-2.c1ccc(N(CCN(c2ccccc2)c2ccccc2)c2ccccc2)cc1. The predicted octanol–water partition coefficient (Wildman–Crippen LogP) is 13.0.